The average Bonchev–Trinajstić information content (AvgIpc) is 2.88. The van der Waals surface area contributed by atoms with Crippen LogP contribution in [0.4, 0.5) is 29.7 Å². The molecule has 2 heterocycles. The van der Waals surface area contributed by atoms with Crippen LogP contribution in [0.15, 0.2) is 48.5 Å². The number of halogens is 3. The highest BCUT2D eigenvalue weighted by atomic mass is 35.7. The van der Waals surface area contributed by atoms with E-state index >= 15 is 0 Å². The maximum Gasteiger partial charge on any atom is 0.319 e. The van der Waals surface area contributed by atoms with Crippen LogP contribution in [-0.4, -0.2) is 84.0 Å². The molecule has 2 aromatic rings. The van der Waals surface area contributed by atoms with E-state index in [4.69, 9.17) is 0 Å². The second-order valence-electron chi connectivity index (χ2n) is 9.86. The van der Waals surface area contributed by atoms with Gasteiger partial charge in [-0.15, -0.1) is 0 Å². The summed E-state index contributed by atoms with van der Waals surface area (Å²) in [6, 6.07) is 10.9. The van der Waals surface area contributed by atoms with E-state index in [0.717, 1.165) is 32.2 Å². The predicted molar refractivity (Wildman–Crippen MR) is 163 cm³/mol. The third-order valence-corrected chi connectivity index (χ3v) is 7.40. The Morgan fingerprint density at radius 1 is 0.791 bits per heavy atom. The number of hydrogen-bond donors (Lipinski definition) is 5. The zero-order valence-electron chi connectivity index (χ0n) is 23.8. The zero-order chi connectivity index (χ0) is 32.0. The smallest absolute Gasteiger partial charge is 0.319 e. The van der Waals surface area contributed by atoms with E-state index in [1.54, 1.807) is 18.2 Å². The second kappa shape index (κ2) is 17.3. The number of benzene rings is 2. The molecule has 0 saturated carbocycles. The van der Waals surface area contributed by atoms with Crippen LogP contribution in [0.5, 0.6) is 0 Å². The van der Waals surface area contributed by atoms with Gasteiger partial charge in [-0.3, -0.25) is 0 Å². The van der Waals surface area contributed by atoms with Crippen LogP contribution in [0.2, 0.25) is 0 Å². The molecule has 4 rings (SSSR count). The van der Waals surface area contributed by atoms with Crippen LogP contribution in [0.25, 0.3) is 0 Å². The summed E-state index contributed by atoms with van der Waals surface area (Å²) in [7, 11) is -1.86. The number of sulfonamides is 1. The summed E-state index contributed by atoms with van der Waals surface area (Å²) in [5.41, 5.74) is 0.845. The topological polar surface area (TPSA) is 166 Å². The number of hydrogen-bond acceptors (Lipinski definition) is 7. The molecule has 17 heteroatoms. The summed E-state index contributed by atoms with van der Waals surface area (Å²) in [4.78, 5) is 23.4. The normalized spacial score (nSPS) is 16.4. The van der Waals surface area contributed by atoms with Crippen molar-refractivity contribution in [2.24, 2.45) is 0 Å². The molecule has 2 aromatic carbocycles. The van der Waals surface area contributed by atoms with E-state index in [-0.39, 0.29) is 23.9 Å². The minimum atomic E-state index is -3.19. The Balaban J connectivity index is 0.000000264. The SMILES string of the molecule is CS(=O)(=O)Cl.CS(=O)(=O)N1CCC(NC(=O)Nc2cccc(F)c2)CC1.O=C(Nc1cccc(F)c1)NC1CCNCC1. The lowest BCUT2D eigenvalue weighted by Crippen LogP contribution is -2.47. The van der Waals surface area contributed by atoms with Crippen LogP contribution in [0, 0.1) is 11.6 Å². The number of urea groups is 2. The molecule has 12 nitrogen and oxygen atoms in total. The van der Waals surface area contributed by atoms with Gasteiger partial charge in [0.2, 0.25) is 19.1 Å². The van der Waals surface area contributed by atoms with Gasteiger partial charge in [0.05, 0.1) is 12.5 Å². The van der Waals surface area contributed by atoms with Crippen molar-refractivity contribution in [2.45, 2.75) is 37.8 Å². The fourth-order valence-corrected chi connectivity index (χ4v) is 5.01. The van der Waals surface area contributed by atoms with Crippen LogP contribution >= 0.6 is 10.7 Å². The number of piperidine rings is 2. The molecular formula is C26H37ClF2N6O6S2. The summed E-state index contributed by atoms with van der Waals surface area (Å²) in [5.74, 6) is -0.779. The fourth-order valence-electron chi connectivity index (χ4n) is 4.14. The zero-order valence-corrected chi connectivity index (χ0v) is 26.2. The standard InChI is InChI=1S/C13H18FN3O3S.C12H16FN3O.CH3ClO2S/c1-21(19,20)17-7-5-11(6-8-17)15-13(18)16-12-4-2-3-10(14)9-12;13-9-2-1-3-11(8-9)16-12(17)15-10-4-6-14-7-5-10;1-5(2,3)4/h2-4,9,11H,5-8H2,1H3,(H2,15,16,18);1-3,8,10,14H,4-7H2,(H2,15,16,17);1H3. The van der Waals surface area contributed by atoms with Crippen LogP contribution < -0.4 is 26.6 Å². The molecule has 240 valence electrons. The van der Waals surface area contributed by atoms with Crippen LogP contribution in [-0.2, 0) is 19.1 Å². The highest BCUT2D eigenvalue weighted by Gasteiger charge is 2.25. The average molecular weight is 667 g/mol. The largest absolute Gasteiger partial charge is 0.335 e. The molecule has 0 spiro atoms. The summed E-state index contributed by atoms with van der Waals surface area (Å²) in [5, 5.41) is 14.0. The van der Waals surface area contributed by atoms with Gasteiger partial charge >= 0.3 is 12.1 Å². The monoisotopic (exact) mass is 666 g/mol. The van der Waals surface area contributed by atoms with Gasteiger partial charge in [0, 0.05) is 47.2 Å². The van der Waals surface area contributed by atoms with Crippen molar-refractivity contribution in [3.05, 3.63) is 60.2 Å². The van der Waals surface area contributed by atoms with E-state index in [1.165, 1.54) is 40.9 Å². The van der Waals surface area contributed by atoms with E-state index in [2.05, 4.69) is 37.3 Å². The van der Waals surface area contributed by atoms with Crippen molar-refractivity contribution in [3.63, 3.8) is 0 Å². The van der Waals surface area contributed by atoms with Crippen molar-refractivity contribution >= 4 is 53.2 Å². The molecule has 2 aliphatic heterocycles. The molecular weight excluding hydrogens is 630 g/mol. The van der Waals surface area contributed by atoms with E-state index in [0.29, 0.717) is 37.3 Å². The minimum Gasteiger partial charge on any atom is -0.335 e. The van der Waals surface area contributed by atoms with Gasteiger partial charge < -0.3 is 26.6 Å². The van der Waals surface area contributed by atoms with Crippen LogP contribution in [0.3, 0.4) is 0 Å². The Morgan fingerprint density at radius 2 is 1.19 bits per heavy atom. The Bertz CT molecular complexity index is 1410. The van der Waals surface area contributed by atoms with Crippen molar-refractivity contribution in [3.8, 4) is 0 Å². The summed E-state index contributed by atoms with van der Waals surface area (Å²) in [6.45, 7) is 2.63. The Kier molecular flexibility index (Phi) is 14.5. The number of carbonyl (C=O) groups excluding carboxylic acids is 2. The molecule has 2 saturated heterocycles. The molecule has 0 unspecified atom stereocenters. The first-order valence-electron chi connectivity index (χ1n) is 13.3. The van der Waals surface area contributed by atoms with Crippen LogP contribution in [0.1, 0.15) is 25.7 Å². The van der Waals surface area contributed by atoms with Gasteiger partial charge in [-0.25, -0.2) is 39.5 Å². The number of carbonyl (C=O) groups is 2. The molecule has 0 bridgehead atoms. The molecule has 2 aliphatic rings. The third-order valence-electron chi connectivity index (χ3n) is 6.10. The van der Waals surface area contributed by atoms with E-state index < -0.39 is 30.9 Å². The number of amides is 4. The second-order valence-corrected chi connectivity index (χ2v) is 14.9. The van der Waals surface area contributed by atoms with Gasteiger partial charge in [0.15, 0.2) is 0 Å². The summed E-state index contributed by atoms with van der Waals surface area (Å²) >= 11 is 0. The quantitative estimate of drug-likeness (QED) is 0.306. The Morgan fingerprint density at radius 3 is 1.56 bits per heavy atom. The number of nitrogens with one attached hydrogen (secondary N) is 5. The molecule has 0 aliphatic carbocycles. The maximum absolute atomic E-state index is 13.0. The van der Waals surface area contributed by atoms with Gasteiger partial charge in [-0.1, -0.05) is 12.1 Å². The summed E-state index contributed by atoms with van der Waals surface area (Å²) in [6.07, 6.45) is 5.08. The number of anilines is 2. The summed E-state index contributed by atoms with van der Waals surface area (Å²) < 4.78 is 68.8. The highest BCUT2D eigenvalue weighted by molar-refractivity contribution is 8.13. The third kappa shape index (κ3) is 16.4. The first-order chi connectivity index (χ1) is 20.1. The van der Waals surface area contributed by atoms with Crippen molar-refractivity contribution < 1.29 is 35.2 Å². The highest BCUT2D eigenvalue weighted by Crippen LogP contribution is 2.14. The number of rotatable bonds is 5. The molecule has 0 radical (unpaired) electrons. The lowest BCUT2D eigenvalue weighted by atomic mass is 10.1. The Hall–Kier alpha value is -3.05. The first-order valence-corrected chi connectivity index (χ1v) is 17.9. The van der Waals surface area contributed by atoms with Gasteiger partial charge in [-0.2, -0.15) is 0 Å². The van der Waals surface area contributed by atoms with Gasteiger partial charge in [0.1, 0.15) is 11.6 Å². The van der Waals surface area contributed by atoms with Gasteiger partial charge in [0.25, 0.3) is 0 Å². The molecule has 5 N–H and O–H groups in total. The van der Waals surface area contributed by atoms with E-state index in [1.807, 2.05) is 0 Å². The lowest BCUT2D eigenvalue weighted by molar-refractivity contribution is 0.238. The van der Waals surface area contributed by atoms with Gasteiger partial charge in [-0.05, 0) is 75.2 Å². The minimum absolute atomic E-state index is 0.0865. The molecule has 0 aromatic heterocycles. The molecule has 43 heavy (non-hydrogen) atoms. The molecule has 0 atom stereocenters. The maximum atomic E-state index is 13.0. The first kappa shape index (κ1) is 36.1. The lowest BCUT2D eigenvalue weighted by Gasteiger charge is -2.30. The molecule has 2 fully saturated rings. The van der Waals surface area contributed by atoms with Crippen molar-refractivity contribution in [2.75, 3.05) is 49.3 Å². The van der Waals surface area contributed by atoms with Crippen molar-refractivity contribution in [1.82, 2.24) is 20.3 Å². The van der Waals surface area contributed by atoms with Crippen molar-refractivity contribution in [1.29, 1.82) is 0 Å². The van der Waals surface area contributed by atoms with E-state index in [9.17, 15) is 35.2 Å². The number of nitrogens with zero attached hydrogens (tertiary/aromatic N) is 1. The fraction of sp³-hybridized carbons (Fsp3) is 0.462. The molecule has 4 amide bonds. The predicted octanol–water partition coefficient (Wildman–Crippen LogP) is 3.26. The Labute approximate surface area is 255 Å².